The van der Waals surface area contributed by atoms with Gasteiger partial charge < -0.3 is 0 Å². The van der Waals surface area contributed by atoms with Crippen LogP contribution in [0.4, 0.5) is 0 Å². The van der Waals surface area contributed by atoms with Crippen molar-refractivity contribution >= 4 is 12.2 Å². The van der Waals surface area contributed by atoms with E-state index >= 15 is 0 Å². The van der Waals surface area contributed by atoms with Crippen molar-refractivity contribution in [3.05, 3.63) is 41.2 Å². The normalized spacial score (nSPS) is 12.2. The molecule has 0 N–H and O–H groups in total. The maximum absolute atomic E-state index is 4.09. The molecule has 0 unspecified atom stereocenters. The van der Waals surface area contributed by atoms with Crippen molar-refractivity contribution in [2.24, 2.45) is 7.05 Å². The SMILES string of the molecule is Cn1nnc(/C=C/c2ccc(C(C)(C)C)cc2)n1. The van der Waals surface area contributed by atoms with E-state index in [0.717, 1.165) is 5.56 Å². The van der Waals surface area contributed by atoms with Gasteiger partial charge in [0, 0.05) is 0 Å². The molecule has 0 aliphatic rings. The number of aromatic nitrogens is 4. The van der Waals surface area contributed by atoms with Gasteiger partial charge in [0.05, 0.1) is 7.05 Å². The Bertz CT molecular complexity index is 544. The number of benzene rings is 1. The molecule has 18 heavy (non-hydrogen) atoms. The highest BCUT2D eigenvalue weighted by atomic mass is 15.6. The summed E-state index contributed by atoms with van der Waals surface area (Å²) in [6, 6.07) is 8.52. The second-order valence-electron chi connectivity index (χ2n) is 5.34. The van der Waals surface area contributed by atoms with Crippen molar-refractivity contribution in [1.29, 1.82) is 0 Å². The zero-order valence-corrected chi connectivity index (χ0v) is 11.3. The third-order valence-corrected chi connectivity index (χ3v) is 2.73. The van der Waals surface area contributed by atoms with Crippen LogP contribution >= 0.6 is 0 Å². The smallest absolute Gasteiger partial charge is 0.167 e. The molecule has 4 nitrogen and oxygen atoms in total. The van der Waals surface area contributed by atoms with Crippen molar-refractivity contribution in [3.8, 4) is 0 Å². The highest BCUT2D eigenvalue weighted by molar-refractivity contribution is 5.66. The first kappa shape index (κ1) is 12.5. The lowest BCUT2D eigenvalue weighted by atomic mass is 9.87. The average Bonchev–Trinajstić information content (AvgIpc) is 2.72. The first-order valence-corrected chi connectivity index (χ1v) is 5.98. The van der Waals surface area contributed by atoms with Gasteiger partial charge in [0.15, 0.2) is 5.82 Å². The standard InChI is InChI=1S/C14H18N4/c1-14(2,3)12-8-5-11(6-9-12)7-10-13-15-17-18(4)16-13/h5-10H,1-4H3/b10-7+. The fraction of sp³-hybridized carbons (Fsp3) is 0.357. The van der Waals surface area contributed by atoms with Gasteiger partial charge in [0.25, 0.3) is 0 Å². The average molecular weight is 242 g/mol. The van der Waals surface area contributed by atoms with Crippen LogP contribution in [-0.4, -0.2) is 20.2 Å². The Morgan fingerprint density at radius 3 is 2.22 bits per heavy atom. The minimum Gasteiger partial charge on any atom is -0.167 e. The topological polar surface area (TPSA) is 43.6 Å². The molecule has 1 heterocycles. The number of hydrogen-bond donors (Lipinski definition) is 0. The van der Waals surface area contributed by atoms with Gasteiger partial charge in [-0.1, -0.05) is 51.1 Å². The Balaban J connectivity index is 2.13. The number of hydrogen-bond acceptors (Lipinski definition) is 3. The molecular weight excluding hydrogens is 224 g/mol. The molecule has 0 saturated heterocycles. The lowest BCUT2D eigenvalue weighted by Gasteiger charge is -2.18. The van der Waals surface area contributed by atoms with Gasteiger partial charge in [-0.25, -0.2) is 0 Å². The summed E-state index contributed by atoms with van der Waals surface area (Å²) in [6.07, 6.45) is 3.85. The van der Waals surface area contributed by atoms with Gasteiger partial charge in [0.2, 0.25) is 0 Å². The zero-order valence-electron chi connectivity index (χ0n) is 11.3. The predicted octanol–water partition coefficient (Wildman–Crippen LogP) is 2.68. The van der Waals surface area contributed by atoms with E-state index in [9.17, 15) is 0 Å². The molecule has 0 fully saturated rings. The largest absolute Gasteiger partial charge is 0.197 e. The lowest BCUT2D eigenvalue weighted by molar-refractivity contribution is 0.590. The summed E-state index contributed by atoms with van der Waals surface area (Å²) in [4.78, 5) is 1.45. The molecule has 2 rings (SSSR count). The van der Waals surface area contributed by atoms with Crippen LogP contribution in [0.1, 0.15) is 37.7 Å². The lowest BCUT2D eigenvalue weighted by Crippen LogP contribution is -2.10. The van der Waals surface area contributed by atoms with Gasteiger partial charge in [0.1, 0.15) is 0 Å². The van der Waals surface area contributed by atoms with Gasteiger partial charge in [-0.05, 0) is 27.8 Å². The van der Waals surface area contributed by atoms with E-state index in [2.05, 4.69) is 60.4 Å². The van der Waals surface area contributed by atoms with E-state index in [1.54, 1.807) is 7.05 Å². The van der Waals surface area contributed by atoms with Crippen molar-refractivity contribution in [2.45, 2.75) is 26.2 Å². The summed E-state index contributed by atoms with van der Waals surface area (Å²) < 4.78 is 0. The molecule has 0 radical (unpaired) electrons. The maximum Gasteiger partial charge on any atom is 0.197 e. The van der Waals surface area contributed by atoms with Crippen molar-refractivity contribution in [1.82, 2.24) is 20.2 Å². The molecule has 4 heteroatoms. The van der Waals surface area contributed by atoms with E-state index in [-0.39, 0.29) is 5.41 Å². The van der Waals surface area contributed by atoms with E-state index in [4.69, 9.17) is 0 Å². The van der Waals surface area contributed by atoms with Crippen LogP contribution in [0, 0.1) is 0 Å². The molecule has 0 aliphatic heterocycles. The number of nitrogens with zero attached hydrogens (tertiary/aromatic N) is 4. The second kappa shape index (κ2) is 4.72. The van der Waals surface area contributed by atoms with E-state index in [0.29, 0.717) is 5.82 Å². The summed E-state index contributed by atoms with van der Waals surface area (Å²) >= 11 is 0. The highest BCUT2D eigenvalue weighted by Crippen LogP contribution is 2.22. The maximum atomic E-state index is 4.09. The van der Waals surface area contributed by atoms with E-state index < -0.39 is 0 Å². The Hall–Kier alpha value is -1.97. The zero-order chi connectivity index (χ0) is 13.2. The van der Waals surface area contributed by atoms with Crippen LogP contribution < -0.4 is 0 Å². The monoisotopic (exact) mass is 242 g/mol. The Morgan fingerprint density at radius 1 is 1.06 bits per heavy atom. The predicted molar refractivity (Wildman–Crippen MR) is 72.9 cm³/mol. The Labute approximate surface area is 107 Å². The Morgan fingerprint density at radius 2 is 1.72 bits per heavy atom. The van der Waals surface area contributed by atoms with Crippen LogP contribution in [0.2, 0.25) is 0 Å². The Kier molecular flexibility index (Phi) is 3.28. The first-order chi connectivity index (χ1) is 8.45. The molecule has 0 atom stereocenters. The van der Waals surface area contributed by atoms with Crippen molar-refractivity contribution < 1.29 is 0 Å². The van der Waals surface area contributed by atoms with Crippen molar-refractivity contribution in [2.75, 3.05) is 0 Å². The summed E-state index contributed by atoms with van der Waals surface area (Å²) in [5.74, 6) is 0.623. The number of aryl methyl sites for hydroxylation is 1. The van der Waals surface area contributed by atoms with Crippen LogP contribution in [0.25, 0.3) is 12.2 Å². The van der Waals surface area contributed by atoms with E-state index in [1.807, 2.05) is 12.2 Å². The van der Waals surface area contributed by atoms with Crippen LogP contribution in [-0.2, 0) is 12.5 Å². The molecule has 0 spiro atoms. The van der Waals surface area contributed by atoms with Crippen molar-refractivity contribution in [3.63, 3.8) is 0 Å². The fourth-order valence-corrected chi connectivity index (χ4v) is 1.63. The minimum atomic E-state index is 0.189. The molecule has 0 saturated carbocycles. The first-order valence-electron chi connectivity index (χ1n) is 5.98. The molecule has 0 aliphatic carbocycles. The molecule has 2 aromatic rings. The quantitative estimate of drug-likeness (QED) is 0.813. The number of rotatable bonds is 2. The van der Waals surface area contributed by atoms with Gasteiger partial charge >= 0.3 is 0 Å². The second-order valence-corrected chi connectivity index (χ2v) is 5.34. The minimum absolute atomic E-state index is 0.189. The third-order valence-electron chi connectivity index (χ3n) is 2.73. The summed E-state index contributed by atoms with van der Waals surface area (Å²) in [5.41, 5.74) is 2.65. The molecule has 1 aromatic carbocycles. The molecular formula is C14H18N4. The van der Waals surface area contributed by atoms with E-state index in [1.165, 1.54) is 10.4 Å². The molecule has 94 valence electrons. The van der Waals surface area contributed by atoms with Gasteiger partial charge in [-0.3, -0.25) is 0 Å². The summed E-state index contributed by atoms with van der Waals surface area (Å²) in [5, 5.41) is 11.8. The fourth-order valence-electron chi connectivity index (χ4n) is 1.63. The highest BCUT2D eigenvalue weighted by Gasteiger charge is 2.12. The van der Waals surface area contributed by atoms with Crippen LogP contribution in [0.3, 0.4) is 0 Å². The summed E-state index contributed by atoms with van der Waals surface area (Å²) in [7, 11) is 1.75. The van der Waals surface area contributed by atoms with Crippen LogP contribution in [0.15, 0.2) is 24.3 Å². The van der Waals surface area contributed by atoms with Gasteiger partial charge in [-0.15, -0.1) is 10.2 Å². The third kappa shape index (κ3) is 3.03. The van der Waals surface area contributed by atoms with Gasteiger partial charge in [-0.2, -0.15) is 4.80 Å². The molecule has 0 bridgehead atoms. The molecule has 0 amide bonds. The molecule has 1 aromatic heterocycles. The summed E-state index contributed by atoms with van der Waals surface area (Å²) in [6.45, 7) is 6.63. The van der Waals surface area contributed by atoms with Crippen LogP contribution in [0.5, 0.6) is 0 Å². The number of tetrazole rings is 1.